The van der Waals surface area contributed by atoms with Gasteiger partial charge in [-0.3, -0.25) is 0 Å². The van der Waals surface area contributed by atoms with Gasteiger partial charge in [-0.25, -0.2) is 14.6 Å². The standard InChI is InChI=1S/C14H12F3N3O4/c1-23-11(21)6-10(12(22)24-2)18-7-3-4-8-9(5-7)20-13(19-8)14(15,16)17/h3-6,18H,1-2H3,(H,19,20)/b10-6+. The Bertz CT molecular complexity index is 811. The van der Waals surface area contributed by atoms with Crippen LogP contribution in [0.1, 0.15) is 5.82 Å². The van der Waals surface area contributed by atoms with Crippen LogP contribution in [0.25, 0.3) is 11.0 Å². The summed E-state index contributed by atoms with van der Waals surface area (Å²) >= 11 is 0. The molecule has 2 rings (SSSR count). The maximum Gasteiger partial charge on any atom is 0.449 e. The molecular weight excluding hydrogens is 331 g/mol. The summed E-state index contributed by atoms with van der Waals surface area (Å²) in [4.78, 5) is 28.5. The van der Waals surface area contributed by atoms with Crippen LogP contribution in [0, 0.1) is 0 Å². The van der Waals surface area contributed by atoms with Crippen LogP contribution < -0.4 is 5.32 Å². The zero-order valence-electron chi connectivity index (χ0n) is 12.5. The summed E-state index contributed by atoms with van der Waals surface area (Å²) in [6.45, 7) is 0. The number of aromatic amines is 1. The van der Waals surface area contributed by atoms with Crippen molar-refractivity contribution in [2.45, 2.75) is 6.18 Å². The number of H-pyrrole nitrogens is 1. The van der Waals surface area contributed by atoms with Crippen LogP contribution in [0.2, 0.25) is 0 Å². The van der Waals surface area contributed by atoms with Crippen LogP contribution in [0.4, 0.5) is 18.9 Å². The summed E-state index contributed by atoms with van der Waals surface area (Å²) in [7, 11) is 2.24. The Morgan fingerprint density at radius 1 is 1.25 bits per heavy atom. The number of anilines is 1. The van der Waals surface area contributed by atoms with Gasteiger partial charge in [0.1, 0.15) is 5.70 Å². The molecular formula is C14H12F3N3O4. The molecule has 10 heteroatoms. The van der Waals surface area contributed by atoms with Gasteiger partial charge in [-0.05, 0) is 18.2 Å². The topological polar surface area (TPSA) is 93.3 Å². The summed E-state index contributed by atoms with van der Waals surface area (Å²) in [5.74, 6) is -2.78. The summed E-state index contributed by atoms with van der Waals surface area (Å²) in [5.41, 5.74) is 0.221. The largest absolute Gasteiger partial charge is 0.466 e. The number of fused-ring (bicyclic) bond motifs is 1. The lowest BCUT2D eigenvalue weighted by atomic mass is 10.2. The van der Waals surface area contributed by atoms with Crippen molar-refractivity contribution in [3.05, 3.63) is 35.8 Å². The summed E-state index contributed by atoms with van der Waals surface area (Å²) in [6.07, 6.45) is -3.74. The Labute approximate surface area is 133 Å². The number of carbonyl (C=O) groups excluding carboxylic acids is 2. The molecule has 2 aromatic rings. The van der Waals surface area contributed by atoms with Crippen LogP contribution in [-0.2, 0) is 25.2 Å². The van der Waals surface area contributed by atoms with Crippen LogP contribution in [-0.4, -0.2) is 36.1 Å². The van der Waals surface area contributed by atoms with E-state index in [9.17, 15) is 22.8 Å². The lowest BCUT2D eigenvalue weighted by molar-refractivity contribution is -0.144. The highest BCUT2D eigenvalue weighted by Gasteiger charge is 2.34. The SMILES string of the molecule is COC(=O)/C=C(/Nc1ccc2nc(C(F)(F)F)[nH]c2c1)C(=O)OC. The molecule has 0 unspecified atom stereocenters. The number of rotatable bonds is 4. The first-order valence-electron chi connectivity index (χ1n) is 6.46. The zero-order valence-corrected chi connectivity index (χ0v) is 12.5. The van der Waals surface area contributed by atoms with Gasteiger partial charge in [-0.15, -0.1) is 0 Å². The first-order valence-corrected chi connectivity index (χ1v) is 6.46. The number of hydrogen-bond donors (Lipinski definition) is 2. The first kappa shape index (κ1) is 17.3. The smallest absolute Gasteiger partial charge is 0.449 e. The Balaban J connectivity index is 2.35. The Morgan fingerprint density at radius 3 is 2.54 bits per heavy atom. The van der Waals surface area contributed by atoms with Gasteiger partial charge in [-0.1, -0.05) is 0 Å². The summed E-state index contributed by atoms with van der Waals surface area (Å²) < 4.78 is 46.9. The highest BCUT2D eigenvalue weighted by Crippen LogP contribution is 2.29. The molecule has 1 aromatic carbocycles. The van der Waals surface area contributed by atoms with Crippen molar-refractivity contribution in [3.63, 3.8) is 0 Å². The lowest BCUT2D eigenvalue weighted by Crippen LogP contribution is -2.15. The monoisotopic (exact) mass is 343 g/mol. The van der Waals surface area contributed by atoms with Crippen molar-refractivity contribution in [2.24, 2.45) is 0 Å². The van der Waals surface area contributed by atoms with E-state index >= 15 is 0 Å². The minimum Gasteiger partial charge on any atom is -0.466 e. The number of halogens is 3. The average molecular weight is 343 g/mol. The molecule has 7 nitrogen and oxygen atoms in total. The number of ether oxygens (including phenoxy) is 2. The van der Waals surface area contributed by atoms with Crippen molar-refractivity contribution in [2.75, 3.05) is 19.5 Å². The van der Waals surface area contributed by atoms with E-state index in [2.05, 4.69) is 24.8 Å². The number of nitrogens with one attached hydrogen (secondary N) is 2. The lowest BCUT2D eigenvalue weighted by Gasteiger charge is -2.08. The fourth-order valence-corrected chi connectivity index (χ4v) is 1.81. The molecule has 24 heavy (non-hydrogen) atoms. The van der Waals surface area contributed by atoms with E-state index in [0.29, 0.717) is 0 Å². The fourth-order valence-electron chi connectivity index (χ4n) is 1.81. The predicted molar refractivity (Wildman–Crippen MR) is 76.8 cm³/mol. The number of nitrogens with zero attached hydrogens (tertiary/aromatic N) is 1. The van der Waals surface area contributed by atoms with E-state index in [0.717, 1.165) is 20.3 Å². The van der Waals surface area contributed by atoms with Crippen LogP contribution in [0.5, 0.6) is 0 Å². The molecule has 0 aliphatic rings. The molecule has 0 radical (unpaired) electrons. The molecule has 1 heterocycles. The summed E-state index contributed by atoms with van der Waals surface area (Å²) in [6, 6.07) is 4.04. The van der Waals surface area contributed by atoms with Gasteiger partial charge in [0.25, 0.3) is 0 Å². The van der Waals surface area contributed by atoms with E-state index in [-0.39, 0.29) is 22.4 Å². The normalized spacial score (nSPS) is 12.1. The van der Waals surface area contributed by atoms with E-state index in [1.807, 2.05) is 0 Å². The molecule has 1 aromatic heterocycles. The molecule has 0 aliphatic carbocycles. The van der Waals surface area contributed by atoms with Crippen LogP contribution in [0.15, 0.2) is 30.0 Å². The molecule has 0 amide bonds. The molecule has 0 atom stereocenters. The molecule has 0 spiro atoms. The predicted octanol–water partition coefficient (Wildman–Crippen LogP) is 2.22. The second kappa shape index (κ2) is 6.60. The van der Waals surface area contributed by atoms with E-state index < -0.39 is 23.9 Å². The minimum atomic E-state index is -4.60. The third-order valence-electron chi connectivity index (χ3n) is 2.90. The Kier molecular flexibility index (Phi) is 4.77. The molecule has 0 saturated heterocycles. The second-order valence-corrected chi connectivity index (χ2v) is 4.51. The van der Waals surface area contributed by atoms with Crippen molar-refractivity contribution in [3.8, 4) is 0 Å². The number of alkyl halides is 3. The zero-order chi connectivity index (χ0) is 17.9. The number of methoxy groups -OCH3 is 2. The second-order valence-electron chi connectivity index (χ2n) is 4.51. The fraction of sp³-hybridized carbons (Fsp3) is 0.214. The van der Waals surface area contributed by atoms with Gasteiger partial charge in [0.05, 0.1) is 31.3 Å². The van der Waals surface area contributed by atoms with Gasteiger partial charge >= 0.3 is 18.1 Å². The maximum absolute atomic E-state index is 12.6. The van der Waals surface area contributed by atoms with E-state index in [1.54, 1.807) is 0 Å². The summed E-state index contributed by atoms with van der Waals surface area (Å²) in [5, 5.41) is 2.59. The van der Waals surface area contributed by atoms with Crippen molar-refractivity contribution < 1.29 is 32.2 Å². The first-order chi connectivity index (χ1) is 11.2. The number of carbonyl (C=O) groups is 2. The van der Waals surface area contributed by atoms with Gasteiger partial charge in [0.15, 0.2) is 0 Å². The Morgan fingerprint density at radius 2 is 1.96 bits per heavy atom. The molecule has 0 saturated carbocycles. The third-order valence-corrected chi connectivity index (χ3v) is 2.90. The van der Waals surface area contributed by atoms with Crippen molar-refractivity contribution >= 4 is 28.7 Å². The maximum atomic E-state index is 12.6. The number of imidazole rings is 1. The van der Waals surface area contributed by atoms with Gasteiger partial charge in [0.2, 0.25) is 5.82 Å². The number of aromatic nitrogens is 2. The van der Waals surface area contributed by atoms with Gasteiger partial charge in [-0.2, -0.15) is 13.2 Å². The number of esters is 2. The van der Waals surface area contributed by atoms with Gasteiger partial charge in [0, 0.05) is 5.69 Å². The van der Waals surface area contributed by atoms with E-state index in [4.69, 9.17) is 0 Å². The highest BCUT2D eigenvalue weighted by molar-refractivity contribution is 5.99. The van der Waals surface area contributed by atoms with Crippen molar-refractivity contribution in [1.29, 1.82) is 0 Å². The Hall–Kier alpha value is -3.04. The van der Waals surface area contributed by atoms with Crippen LogP contribution in [0.3, 0.4) is 0 Å². The number of benzene rings is 1. The quantitative estimate of drug-likeness (QED) is 0.653. The molecule has 0 aliphatic heterocycles. The highest BCUT2D eigenvalue weighted by atomic mass is 19.4. The minimum absolute atomic E-state index is 0.101. The molecule has 128 valence electrons. The third kappa shape index (κ3) is 3.83. The van der Waals surface area contributed by atoms with Gasteiger partial charge < -0.3 is 19.8 Å². The average Bonchev–Trinajstić information content (AvgIpc) is 2.96. The van der Waals surface area contributed by atoms with E-state index in [1.165, 1.54) is 18.2 Å². The van der Waals surface area contributed by atoms with Crippen molar-refractivity contribution in [1.82, 2.24) is 9.97 Å². The number of hydrogen-bond acceptors (Lipinski definition) is 6. The molecule has 2 N–H and O–H groups in total. The molecule has 0 bridgehead atoms. The molecule has 0 fully saturated rings. The van der Waals surface area contributed by atoms with Crippen LogP contribution >= 0.6 is 0 Å².